The van der Waals surface area contributed by atoms with Crippen molar-refractivity contribution >= 4 is 12.1 Å². The second-order valence-electron chi connectivity index (χ2n) is 6.41. The maximum atomic E-state index is 13.7. The fourth-order valence-corrected chi connectivity index (χ4v) is 2.85. The Morgan fingerprint density at radius 2 is 1.33 bits per heavy atom. The van der Waals surface area contributed by atoms with E-state index in [-0.39, 0.29) is 11.4 Å². The van der Waals surface area contributed by atoms with E-state index in [0.717, 1.165) is 11.1 Å². The molecule has 0 saturated carbocycles. The van der Waals surface area contributed by atoms with E-state index in [1.165, 1.54) is 12.3 Å². The summed E-state index contributed by atoms with van der Waals surface area (Å²) in [7, 11) is 0. The first-order valence-electron chi connectivity index (χ1n) is 9.28. The summed E-state index contributed by atoms with van der Waals surface area (Å²) in [6, 6.07) is 27.1. The zero-order chi connectivity index (χ0) is 20.8. The van der Waals surface area contributed by atoms with Gasteiger partial charge in [-0.25, -0.2) is 19.8 Å². The number of hydrogen-bond acceptors (Lipinski definition) is 4. The molecule has 4 aromatic rings. The number of rotatable bonds is 5. The average molecular weight is 396 g/mol. The number of hydrogen-bond donors (Lipinski definition) is 1. The Labute approximate surface area is 173 Å². The molecule has 5 nitrogen and oxygen atoms in total. The molecular formula is C24H17FN4O. The zero-order valence-corrected chi connectivity index (χ0v) is 15.9. The van der Waals surface area contributed by atoms with E-state index in [1.807, 2.05) is 66.7 Å². The van der Waals surface area contributed by atoms with E-state index >= 15 is 0 Å². The van der Waals surface area contributed by atoms with Crippen LogP contribution in [0.1, 0.15) is 16.2 Å². The molecule has 0 fully saturated rings. The van der Waals surface area contributed by atoms with Crippen molar-refractivity contribution in [3.63, 3.8) is 0 Å². The van der Waals surface area contributed by atoms with Crippen LogP contribution in [0.2, 0.25) is 0 Å². The molecule has 1 N–H and O–H groups in total. The standard InChI is InChI=1S/C24H17FN4O/c25-20-14-8-7-13-19(20)16-26-29-24(30)23-27-21(17-9-3-1-4-10-17)15-22(28-23)18-11-5-2-6-12-18/h1-16H,(H,29,30)/b26-16-. The lowest BCUT2D eigenvalue weighted by molar-refractivity contribution is 0.0945. The third-order valence-electron chi connectivity index (χ3n) is 4.34. The number of benzene rings is 3. The van der Waals surface area contributed by atoms with Crippen molar-refractivity contribution in [3.8, 4) is 22.5 Å². The predicted octanol–water partition coefficient (Wildman–Crippen LogP) is 4.71. The second kappa shape index (κ2) is 8.87. The summed E-state index contributed by atoms with van der Waals surface area (Å²) in [5.74, 6) is -1.04. The lowest BCUT2D eigenvalue weighted by Gasteiger charge is -2.08. The van der Waals surface area contributed by atoms with Crippen LogP contribution >= 0.6 is 0 Å². The fourth-order valence-electron chi connectivity index (χ4n) is 2.85. The first-order chi connectivity index (χ1) is 14.7. The van der Waals surface area contributed by atoms with Gasteiger partial charge in [-0.2, -0.15) is 5.10 Å². The molecular weight excluding hydrogens is 379 g/mol. The molecule has 0 unspecified atom stereocenters. The number of hydrazone groups is 1. The van der Waals surface area contributed by atoms with Crippen LogP contribution in [0.4, 0.5) is 4.39 Å². The molecule has 3 aromatic carbocycles. The molecule has 0 spiro atoms. The van der Waals surface area contributed by atoms with E-state index in [2.05, 4.69) is 20.5 Å². The van der Waals surface area contributed by atoms with E-state index in [4.69, 9.17) is 0 Å². The minimum Gasteiger partial charge on any atom is -0.264 e. The first-order valence-corrected chi connectivity index (χ1v) is 9.28. The van der Waals surface area contributed by atoms with Crippen LogP contribution < -0.4 is 5.43 Å². The van der Waals surface area contributed by atoms with E-state index < -0.39 is 11.7 Å². The summed E-state index contributed by atoms with van der Waals surface area (Å²) in [5.41, 5.74) is 5.60. The Morgan fingerprint density at radius 3 is 1.90 bits per heavy atom. The van der Waals surface area contributed by atoms with Crippen molar-refractivity contribution < 1.29 is 9.18 Å². The molecule has 0 atom stereocenters. The first kappa shape index (κ1) is 19.1. The minimum absolute atomic E-state index is 0.0270. The number of carbonyl (C=O) groups is 1. The SMILES string of the molecule is O=C(N/N=C\c1ccccc1F)c1nc(-c2ccccc2)cc(-c2ccccc2)n1. The molecule has 0 saturated heterocycles. The van der Waals surface area contributed by atoms with E-state index in [9.17, 15) is 9.18 Å². The van der Waals surface area contributed by atoms with Crippen molar-refractivity contribution in [2.24, 2.45) is 5.10 Å². The van der Waals surface area contributed by atoms with Crippen LogP contribution in [0.3, 0.4) is 0 Å². The maximum Gasteiger partial charge on any atom is 0.309 e. The van der Waals surface area contributed by atoms with E-state index in [1.54, 1.807) is 18.2 Å². The molecule has 1 amide bonds. The van der Waals surface area contributed by atoms with Crippen LogP contribution in [0.5, 0.6) is 0 Å². The highest BCUT2D eigenvalue weighted by atomic mass is 19.1. The van der Waals surface area contributed by atoms with Gasteiger partial charge in [-0.3, -0.25) is 4.79 Å². The molecule has 1 aromatic heterocycles. The molecule has 0 aliphatic carbocycles. The Bertz CT molecular complexity index is 1140. The van der Waals surface area contributed by atoms with Crippen molar-refractivity contribution in [1.29, 1.82) is 0 Å². The summed E-state index contributed by atoms with van der Waals surface area (Å²) in [5, 5.41) is 3.84. The van der Waals surface area contributed by atoms with Gasteiger partial charge in [0.25, 0.3) is 0 Å². The molecule has 146 valence electrons. The summed E-state index contributed by atoms with van der Waals surface area (Å²) < 4.78 is 13.7. The van der Waals surface area contributed by atoms with Crippen LogP contribution in [-0.2, 0) is 0 Å². The highest BCUT2D eigenvalue weighted by molar-refractivity contribution is 5.92. The predicted molar refractivity (Wildman–Crippen MR) is 114 cm³/mol. The van der Waals surface area contributed by atoms with Crippen LogP contribution in [-0.4, -0.2) is 22.1 Å². The number of nitrogens with one attached hydrogen (secondary N) is 1. The van der Waals surface area contributed by atoms with Crippen molar-refractivity contribution in [1.82, 2.24) is 15.4 Å². The van der Waals surface area contributed by atoms with Gasteiger partial charge in [-0.15, -0.1) is 0 Å². The number of nitrogens with zero attached hydrogens (tertiary/aromatic N) is 3. The van der Waals surface area contributed by atoms with Gasteiger partial charge in [0.05, 0.1) is 17.6 Å². The van der Waals surface area contributed by atoms with Gasteiger partial charge in [-0.05, 0) is 12.1 Å². The molecule has 0 bridgehead atoms. The molecule has 1 heterocycles. The second-order valence-corrected chi connectivity index (χ2v) is 6.41. The van der Waals surface area contributed by atoms with Crippen LogP contribution in [0, 0.1) is 5.82 Å². The van der Waals surface area contributed by atoms with Crippen LogP contribution in [0.25, 0.3) is 22.5 Å². The highest BCUT2D eigenvalue weighted by Gasteiger charge is 2.14. The van der Waals surface area contributed by atoms with Crippen molar-refractivity contribution in [2.45, 2.75) is 0 Å². The van der Waals surface area contributed by atoms with E-state index in [0.29, 0.717) is 11.4 Å². The van der Waals surface area contributed by atoms with Gasteiger partial charge in [-0.1, -0.05) is 78.9 Å². The normalized spacial score (nSPS) is 10.8. The summed E-state index contributed by atoms with van der Waals surface area (Å²) in [6.07, 6.45) is 1.24. The zero-order valence-electron chi connectivity index (χ0n) is 15.9. The van der Waals surface area contributed by atoms with Gasteiger partial charge in [0.2, 0.25) is 5.82 Å². The lowest BCUT2D eigenvalue weighted by Crippen LogP contribution is -2.21. The monoisotopic (exact) mass is 396 g/mol. The third-order valence-corrected chi connectivity index (χ3v) is 4.34. The Morgan fingerprint density at radius 1 is 0.800 bits per heavy atom. The van der Waals surface area contributed by atoms with Crippen molar-refractivity contribution in [2.75, 3.05) is 0 Å². The molecule has 6 heteroatoms. The van der Waals surface area contributed by atoms with Gasteiger partial charge in [0.15, 0.2) is 0 Å². The quantitative estimate of drug-likeness (QED) is 0.392. The fraction of sp³-hybridized carbons (Fsp3) is 0. The van der Waals surface area contributed by atoms with Gasteiger partial charge < -0.3 is 0 Å². The van der Waals surface area contributed by atoms with Crippen molar-refractivity contribution in [3.05, 3.63) is 108 Å². The highest BCUT2D eigenvalue weighted by Crippen LogP contribution is 2.23. The summed E-state index contributed by atoms with van der Waals surface area (Å²) in [4.78, 5) is 21.4. The smallest absolute Gasteiger partial charge is 0.264 e. The Balaban J connectivity index is 1.66. The third kappa shape index (κ3) is 4.44. The molecule has 0 radical (unpaired) electrons. The Hall–Kier alpha value is -4.19. The number of halogens is 1. The molecule has 0 aliphatic heterocycles. The minimum atomic E-state index is -0.586. The Kier molecular flexibility index (Phi) is 5.66. The summed E-state index contributed by atoms with van der Waals surface area (Å²) in [6.45, 7) is 0. The maximum absolute atomic E-state index is 13.7. The largest absolute Gasteiger partial charge is 0.309 e. The number of aromatic nitrogens is 2. The van der Waals surface area contributed by atoms with Crippen LogP contribution in [0.15, 0.2) is 96.1 Å². The number of amides is 1. The van der Waals surface area contributed by atoms with Gasteiger partial charge >= 0.3 is 5.91 Å². The molecule has 30 heavy (non-hydrogen) atoms. The van der Waals surface area contributed by atoms with Gasteiger partial charge in [0, 0.05) is 16.7 Å². The topological polar surface area (TPSA) is 67.2 Å². The average Bonchev–Trinajstić information content (AvgIpc) is 2.81. The van der Waals surface area contributed by atoms with Gasteiger partial charge in [0.1, 0.15) is 5.82 Å². The number of carbonyl (C=O) groups excluding carboxylic acids is 1. The lowest BCUT2D eigenvalue weighted by atomic mass is 10.1. The summed E-state index contributed by atoms with van der Waals surface area (Å²) >= 11 is 0. The molecule has 0 aliphatic rings. The molecule has 4 rings (SSSR count).